The fourth-order valence-electron chi connectivity index (χ4n) is 3.36. The Balaban J connectivity index is 1.84. The third kappa shape index (κ3) is 2.26. The minimum absolute atomic E-state index is 0.0125. The van der Waals surface area contributed by atoms with Crippen molar-refractivity contribution in [2.24, 2.45) is 0 Å². The van der Waals surface area contributed by atoms with Crippen molar-refractivity contribution >= 4 is 11.4 Å². The molecule has 1 atom stereocenters. The quantitative estimate of drug-likeness (QED) is 0.768. The van der Waals surface area contributed by atoms with E-state index >= 15 is 0 Å². The molecule has 0 saturated carbocycles. The molecule has 1 aliphatic heterocycles. The van der Waals surface area contributed by atoms with Crippen LogP contribution in [0.2, 0.25) is 0 Å². The highest BCUT2D eigenvalue weighted by atomic mass is 15.4. The molecule has 4 heteroatoms. The van der Waals surface area contributed by atoms with Gasteiger partial charge in [-0.3, -0.25) is 0 Å². The highest BCUT2D eigenvalue weighted by molar-refractivity contribution is 5.81. The van der Waals surface area contributed by atoms with E-state index in [9.17, 15) is 0 Å². The molecule has 1 aromatic heterocycles. The molecule has 1 aliphatic rings. The number of rotatable bonds is 2. The number of nitrogens with zero attached hydrogens (tertiary/aromatic N) is 3. The number of aryl methyl sites for hydroxylation is 2. The summed E-state index contributed by atoms with van der Waals surface area (Å²) in [5.41, 5.74) is 8.29. The Morgan fingerprint density at radius 1 is 1.04 bits per heavy atom. The van der Waals surface area contributed by atoms with Crippen LogP contribution < -0.4 is 10.2 Å². The van der Waals surface area contributed by atoms with Gasteiger partial charge >= 0.3 is 0 Å². The molecule has 0 amide bonds. The molecule has 0 aliphatic carbocycles. The normalized spacial score (nSPS) is 15.4. The summed E-state index contributed by atoms with van der Waals surface area (Å²) in [7, 11) is 4.12. The van der Waals surface area contributed by atoms with E-state index < -0.39 is 0 Å². The first kappa shape index (κ1) is 14.8. The molecule has 2 aromatic carbocycles. The molecule has 122 valence electrons. The zero-order chi connectivity index (χ0) is 16.8. The van der Waals surface area contributed by atoms with Crippen LogP contribution in [0.1, 0.15) is 23.0 Å². The highest BCUT2D eigenvalue weighted by Crippen LogP contribution is 2.40. The maximum Gasteiger partial charge on any atom is 0.147 e. The van der Waals surface area contributed by atoms with E-state index in [4.69, 9.17) is 5.10 Å². The summed E-state index contributed by atoms with van der Waals surface area (Å²) in [4.78, 5) is 2.11. The van der Waals surface area contributed by atoms with E-state index in [1.807, 2.05) is 6.92 Å². The van der Waals surface area contributed by atoms with Gasteiger partial charge in [-0.15, -0.1) is 0 Å². The SMILES string of the molecule is Cc1cc2n(n1)[C@H](c1ccc(N(C)C)cc1)Nc1c(C)cccc1-2. The largest absolute Gasteiger partial charge is 0.378 e. The summed E-state index contributed by atoms with van der Waals surface area (Å²) in [5, 5.41) is 8.43. The first-order valence-corrected chi connectivity index (χ1v) is 8.24. The molecular weight excluding hydrogens is 296 g/mol. The molecule has 0 spiro atoms. The van der Waals surface area contributed by atoms with Gasteiger partial charge in [0.2, 0.25) is 0 Å². The summed E-state index contributed by atoms with van der Waals surface area (Å²) in [6.45, 7) is 4.20. The number of hydrogen-bond acceptors (Lipinski definition) is 3. The average Bonchev–Trinajstić information content (AvgIpc) is 2.96. The third-order valence-electron chi connectivity index (χ3n) is 4.66. The average molecular weight is 318 g/mol. The maximum atomic E-state index is 4.74. The van der Waals surface area contributed by atoms with Crippen LogP contribution in [0, 0.1) is 13.8 Å². The smallest absolute Gasteiger partial charge is 0.147 e. The van der Waals surface area contributed by atoms with Gasteiger partial charge < -0.3 is 10.2 Å². The van der Waals surface area contributed by atoms with Crippen molar-refractivity contribution in [3.05, 3.63) is 65.4 Å². The summed E-state index contributed by atoms with van der Waals surface area (Å²) in [6.07, 6.45) is 0.0125. The number of benzene rings is 2. The third-order valence-corrected chi connectivity index (χ3v) is 4.66. The lowest BCUT2D eigenvalue weighted by Crippen LogP contribution is -2.26. The lowest BCUT2D eigenvalue weighted by molar-refractivity contribution is 0.570. The Bertz CT molecular complexity index is 891. The Morgan fingerprint density at radius 3 is 2.50 bits per heavy atom. The van der Waals surface area contributed by atoms with Crippen LogP contribution in [-0.4, -0.2) is 23.9 Å². The molecule has 4 rings (SSSR count). The second kappa shape index (κ2) is 5.41. The molecule has 0 radical (unpaired) electrons. The highest BCUT2D eigenvalue weighted by Gasteiger charge is 2.27. The van der Waals surface area contributed by atoms with Gasteiger partial charge in [0.15, 0.2) is 0 Å². The van der Waals surface area contributed by atoms with E-state index in [1.54, 1.807) is 0 Å². The van der Waals surface area contributed by atoms with Gasteiger partial charge in [0.05, 0.1) is 11.4 Å². The first-order chi connectivity index (χ1) is 11.5. The molecule has 0 unspecified atom stereocenters. The van der Waals surface area contributed by atoms with Crippen LogP contribution in [0.5, 0.6) is 0 Å². The van der Waals surface area contributed by atoms with Crippen molar-refractivity contribution in [1.82, 2.24) is 9.78 Å². The molecule has 0 fully saturated rings. The fourth-order valence-corrected chi connectivity index (χ4v) is 3.36. The van der Waals surface area contributed by atoms with Gasteiger partial charge in [-0.05, 0) is 43.2 Å². The number of hydrogen-bond donors (Lipinski definition) is 1. The number of fused-ring (bicyclic) bond motifs is 3. The predicted molar refractivity (Wildman–Crippen MR) is 99.7 cm³/mol. The van der Waals surface area contributed by atoms with E-state index in [2.05, 4.69) is 84.4 Å². The number of aromatic nitrogens is 2. The Labute approximate surface area is 142 Å². The molecule has 2 heterocycles. The lowest BCUT2D eigenvalue weighted by Gasteiger charge is -2.30. The monoisotopic (exact) mass is 318 g/mol. The van der Waals surface area contributed by atoms with Gasteiger partial charge in [0.1, 0.15) is 6.17 Å². The van der Waals surface area contributed by atoms with Crippen LogP contribution in [0.15, 0.2) is 48.5 Å². The standard InChI is InChI=1S/C20H22N4/c1-13-6-5-7-17-18-12-14(2)22-24(18)20(21-19(13)17)15-8-10-16(11-9-15)23(3)4/h5-12,20-21H,1-4H3/t20-/m1/s1. The van der Waals surface area contributed by atoms with Crippen molar-refractivity contribution in [1.29, 1.82) is 0 Å². The van der Waals surface area contributed by atoms with Gasteiger partial charge in [-0.2, -0.15) is 5.10 Å². The van der Waals surface area contributed by atoms with Crippen LogP contribution in [0.25, 0.3) is 11.3 Å². The minimum atomic E-state index is 0.0125. The Hall–Kier alpha value is -2.75. The second-order valence-corrected chi connectivity index (χ2v) is 6.65. The van der Waals surface area contributed by atoms with Crippen LogP contribution in [-0.2, 0) is 0 Å². The maximum absolute atomic E-state index is 4.74. The minimum Gasteiger partial charge on any atom is -0.378 e. The van der Waals surface area contributed by atoms with Crippen LogP contribution in [0.3, 0.4) is 0 Å². The lowest BCUT2D eigenvalue weighted by atomic mass is 10.0. The zero-order valence-corrected chi connectivity index (χ0v) is 14.5. The summed E-state index contributed by atoms with van der Waals surface area (Å²) < 4.78 is 2.10. The summed E-state index contributed by atoms with van der Waals surface area (Å²) in [5.74, 6) is 0. The van der Waals surface area contributed by atoms with Crippen molar-refractivity contribution in [2.75, 3.05) is 24.3 Å². The second-order valence-electron chi connectivity index (χ2n) is 6.65. The van der Waals surface area contributed by atoms with E-state index in [-0.39, 0.29) is 6.17 Å². The summed E-state index contributed by atoms with van der Waals surface area (Å²) in [6, 6.07) is 17.2. The summed E-state index contributed by atoms with van der Waals surface area (Å²) >= 11 is 0. The molecule has 1 N–H and O–H groups in total. The molecule has 4 nitrogen and oxygen atoms in total. The van der Waals surface area contributed by atoms with Crippen LogP contribution in [0.4, 0.5) is 11.4 Å². The van der Waals surface area contributed by atoms with Gasteiger partial charge in [-0.25, -0.2) is 4.68 Å². The molecule has 0 saturated heterocycles. The molecular formula is C20H22N4. The van der Waals surface area contributed by atoms with Crippen molar-refractivity contribution in [3.63, 3.8) is 0 Å². The van der Waals surface area contributed by atoms with Crippen molar-refractivity contribution < 1.29 is 0 Å². The van der Waals surface area contributed by atoms with E-state index in [0.29, 0.717) is 0 Å². The van der Waals surface area contributed by atoms with Crippen molar-refractivity contribution in [3.8, 4) is 11.3 Å². The van der Waals surface area contributed by atoms with Crippen LogP contribution >= 0.6 is 0 Å². The topological polar surface area (TPSA) is 33.1 Å². The Morgan fingerprint density at radius 2 is 1.79 bits per heavy atom. The van der Waals surface area contributed by atoms with Gasteiger partial charge in [-0.1, -0.05) is 30.3 Å². The molecule has 0 bridgehead atoms. The first-order valence-electron chi connectivity index (χ1n) is 8.24. The number of para-hydroxylation sites is 1. The van der Waals surface area contributed by atoms with Gasteiger partial charge in [0.25, 0.3) is 0 Å². The van der Waals surface area contributed by atoms with Crippen molar-refractivity contribution in [2.45, 2.75) is 20.0 Å². The van der Waals surface area contributed by atoms with E-state index in [0.717, 1.165) is 5.69 Å². The fraction of sp³-hybridized carbons (Fsp3) is 0.250. The molecule has 24 heavy (non-hydrogen) atoms. The number of anilines is 2. The Kier molecular flexibility index (Phi) is 3.34. The van der Waals surface area contributed by atoms with Gasteiger partial charge in [0, 0.05) is 31.0 Å². The molecule has 3 aromatic rings. The van der Waals surface area contributed by atoms with E-state index in [1.165, 1.54) is 33.8 Å². The predicted octanol–water partition coefficient (Wildman–Crippen LogP) is 4.21. The number of nitrogens with one attached hydrogen (secondary N) is 1. The zero-order valence-electron chi connectivity index (χ0n) is 14.5.